The Labute approximate surface area is 168 Å². The minimum absolute atomic E-state index is 0. The van der Waals surface area contributed by atoms with Crippen LogP contribution in [0.15, 0.2) is 6.07 Å². The topological polar surface area (TPSA) is 70.5 Å². The fraction of sp³-hybridized carbons (Fsp3) is 0.812. The first-order valence-electron chi connectivity index (χ1n) is 9.34. The summed E-state index contributed by atoms with van der Waals surface area (Å²) in [6, 6.07) is -0.307. The number of halogens is 4. The van der Waals surface area contributed by atoms with Crippen molar-refractivity contribution in [1.29, 1.82) is 0 Å². The minimum Gasteiger partial charge on any atom is -0.368 e. The van der Waals surface area contributed by atoms with Gasteiger partial charge in [0.1, 0.15) is 5.82 Å². The van der Waals surface area contributed by atoms with E-state index in [4.69, 9.17) is 0 Å². The van der Waals surface area contributed by atoms with Crippen LogP contribution in [-0.2, 0) is 10.2 Å². The van der Waals surface area contributed by atoms with Crippen molar-refractivity contribution in [2.75, 3.05) is 31.5 Å². The van der Waals surface area contributed by atoms with Gasteiger partial charge in [0, 0.05) is 44.2 Å². The quantitative estimate of drug-likeness (QED) is 0.779. The van der Waals surface area contributed by atoms with Gasteiger partial charge < -0.3 is 5.32 Å². The van der Waals surface area contributed by atoms with Crippen molar-refractivity contribution in [2.45, 2.75) is 56.8 Å². The molecule has 0 aromatic carbocycles. The van der Waals surface area contributed by atoms with Crippen LogP contribution in [0.4, 0.5) is 19.0 Å². The van der Waals surface area contributed by atoms with Crippen molar-refractivity contribution >= 4 is 28.4 Å². The molecular weight excluding hydrogens is 419 g/mol. The van der Waals surface area contributed by atoms with Gasteiger partial charge in [-0.1, -0.05) is 0 Å². The van der Waals surface area contributed by atoms with Crippen LogP contribution in [0, 0.1) is 0 Å². The first-order valence-corrected chi connectivity index (χ1v) is 10.7. The summed E-state index contributed by atoms with van der Waals surface area (Å²) >= 11 is 0. The number of nitrogens with zero attached hydrogens (tertiary/aromatic N) is 4. The van der Waals surface area contributed by atoms with E-state index in [0.29, 0.717) is 37.6 Å². The molecule has 2 saturated heterocycles. The highest BCUT2D eigenvalue weighted by Gasteiger charge is 2.46. The summed E-state index contributed by atoms with van der Waals surface area (Å²) in [7, 11) is -3.49. The van der Waals surface area contributed by atoms with Gasteiger partial charge in [0.15, 0.2) is 6.04 Å². The molecule has 0 amide bonds. The second-order valence-corrected chi connectivity index (χ2v) is 9.62. The smallest absolute Gasteiger partial charge is 0.368 e. The first kappa shape index (κ1) is 21.7. The van der Waals surface area contributed by atoms with Crippen LogP contribution in [0.25, 0.3) is 0 Å². The standard InChI is InChI=1S/C16H24F3N5O2S.ClH/c1-11-8-14(16(17,18)19)24-15(20-11)9-13(21-24)12-4-7-23(10-12)27(25,26)22-5-2-3-6-22;/h9,11-12,14,20H,2-8,10H2,1H3;1H/t11-,12?,14-;/m1./s1. The molecule has 0 radical (unpaired) electrons. The van der Waals surface area contributed by atoms with Gasteiger partial charge in [-0.25, -0.2) is 4.68 Å². The molecule has 0 aliphatic carbocycles. The second-order valence-electron chi connectivity index (χ2n) is 7.70. The zero-order valence-corrected chi connectivity index (χ0v) is 17.2. The third kappa shape index (κ3) is 3.86. The van der Waals surface area contributed by atoms with Crippen molar-refractivity contribution in [3.63, 3.8) is 0 Å². The van der Waals surface area contributed by atoms with Crippen LogP contribution in [-0.4, -0.2) is 65.2 Å². The van der Waals surface area contributed by atoms with E-state index in [0.717, 1.165) is 17.5 Å². The van der Waals surface area contributed by atoms with Gasteiger partial charge >= 0.3 is 6.18 Å². The van der Waals surface area contributed by atoms with Gasteiger partial charge in [0.2, 0.25) is 0 Å². The summed E-state index contributed by atoms with van der Waals surface area (Å²) in [6.45, 7) is 3.43. The van der Waals surface area contributed by atoms with E-state index in [9.17, 15) is 21.6 Å². The molecule has 2 fully saturated rings. The molecule has 3 aliphatic rings. The lowest BCUT2D eigenvalue weighted by atomic mass is 10.0. The zero-order chi connectivity index (χ0) is 19.4. The van der Waals surface area contributed by atoms with Gasteiger partial charge in [-0.05, 0) is 32.6 Å². The number of alkyl halides is 3. The number of aromatic nitrogens is 2. The average molecular weight is 444 g/mol. The van der Waals surface area contributed by atoms with E-state index in [1.54, 1.807) is 13.0 Å². The third-order valence-corrected chi connectivity index (χ3v) is 7.69. The molecule has 1 aromatic heterocycles. The van der Waals surface area contributed by atoms with E-state index < -0.39 is 22.4 Å². The fourth-order valence-corrected chi connectivity index (χ4v) is 5.99. The number of fused-ring (bicyclic) bond motifs is 1. The summed E-state index contributed by atoms with van der Waals surface area (Å²) in [5, 5.41) is 7.28. The van der Waals surface area contributed by atoms with Crippen molar-refractivity contribution in [1.82, 2.24) is 18.4 Å². The molecule has 3 atom stereocenters. The van der Waals surface area contributed by atoms with Crippen molar-refractivity contribution in [3.8, 4) is 0 Å². The maximum Gasteiger partial charge on any atom is 0.410 e. The predicted octanol–water partition coefficient (Wildman–Crippen LogP) is 2.74. The average Bonchev–Trinajstić information content (AvgIpc) is 3.31. The normalized spacial score (nSPS) is 29.4. The van der Waals surface area contributed by atoms with Crippen molar-refractivity contribution < 1.29 is 21.6 Å². The Morgan fingerprint density at radius 1 is 1.18 bits per heavy atom. The highest BCUT2D eigenvalue weighted by atomic mass is 35.5. The van der Waals surface area contributed by atoms with Crippen LogP contribution in [0.3, 0.4) is 0 Å². The Bertz CT molecular complexity index is 810. The number of anilines is 1. The van der Waals surface area contributed by atoms with Gasteiger partial charge in [-0.2, -0.15) is 35.3 Å². The van der Waals surface area contributed by atoms with E-state index in [1.165, 1.54) is 8.61 Å². The molecule has 0 spiro atoms. The number of hydrogen-bond donors (Lipinski definition) is 1. The maximum atomic E-state index is 13.4. The molecule has 3 aliphatic heterocycles. The van der Waals surface area contributed by atoms with Crippen molar-refractivity contribution in [2.24, 2.45) is 0 Å². The number of nitrogens with one attached hydrogen (secondary N) is 1. The van der Waals surface area contributed by atoms with E-state index >= 15 is 0 Å². The molecule has 1 unspecified atom stereocenters. The monoisotopic (exact) mass is 443 g/mol. The molecule has 0 bridgehead atoms. The third-order valence-electron chi connectivity index (χ3n) is 5.69. The summed E-state index contributed by atoms with van der Waals surface area (Å²) in [5.41, 5.74) is 0.528. The Morgan fingerprint density at radius 2 is 1.86 bits per heavy atom. The Kier molecular flexibility index (Phi) is 5.92. The maximum absolute atomic E-state index is 13.4. The van der Waals surface area contributed by atoms with Crippen LogP contribution in [0.5, 0.6) is 0 Å². The molecule has 4 rings (SSSR count). The van der Waals surface area contributed by atoms with Crippen LogP contribution < -0.4 is 5.32 Å². The summed E-state index contributed by atoms with van der Waals surface area (Å²) in [5.74, 6) is 0.165. The van der Waals surface area contributed by atoms with Crippen LogP contribution in [0.2, 0.25) is 0 Å². The van der Waals surface area contributed by atoms with Crippen LogP contribution in [0.1, 0.15) is 50.3 Å². The van der Waals surface area contributed by atoms with E-state index in [2.05, 4.69) is 10.4 Å². The lowest BCUT2D eigenvalue weighted by Gasteiger charge is -2.31. The van der Waals surface area contributed by atoms with Crippen LogP contribution >= 0.6 is 12.4 Å². The Morgan fingerprint density at radius 3 is 2.50 bits per heavy atom. The minimum atomic E-state index is -4.37. The highest BCUT2D eigenvalue weighted by molar-refractivity contribution is 7.86. The zero-order valence-electron chi connectivity index (χ0n) is 15.5. The number of hydrogen-bond acceptors (Lipinski definition) is 4. The van der Waals surface area contributed by atoms with Gasteiger partial charge in [0.25, 0.3) is 10.2 Å². The Balaban J connectivity index is 0.00000225. The predicted molar refractivity (Wildman–Crippen MR) is 101 cm³/mol. The van der Waals surface area contributed by atoms with E-state index in [1.807, 2.05) is 0 Å². The molecule has 7 nitrogen and oxygen atoms in total. The van der Waals surface area contributed by atoms with E-state index in [-0.39, 0.29) is 37.3 Å². The lowest BCUT2D eigenvalue weighted by molar-refractivity contribution is -0.173. The molecule has 160 valence electrons. The summed E-state index contributed by atoms with van der Waals surface area (Å²) < 4.78 is 69.5. The molecular formula is C16H25ClF3N5O2S. The first-order chi connectivity index (χ1) is 12.7. The molecule has 12 heteroatoms. The second kappa shape index (κ2) is 7.66. The molecule has 1 N–H and O–H groups in total. The largest absolute Gasteiger partial charge is 0.410 e. The van der Waals surface area contributed by atoms with Gasteiger partial charge in [-0.15, -0.1) is 12.4 Å². The fourth-order valence-electron chi connectivity index (χ4n) is 4.24. The van der Waals surface area contributed by atoms with Gasteiger partial charge in [-0.3, -0.25) is 0 Å². The molecule has 28 heavy (non-hydrogen) atoms. The lowest BCUT2D eigenvalue weighted by Crippen LogP contribution is -2.41. The summed E-state index contributed by atoms with van der Waals surface area (Å²) in [4.78, 5) is 0. The SMILES string of the molecule is C[C@@H]1C[C@H](C(F)(F)F)n2nc(C3CCN(S(=O)(=O)N4CCCC4)C3)cc2N1.Cl. The van der Waals surface area contributed by atoms with Gasteiger partial charge in [0.05, 0.1) is 5.69 Å². The molecule has 4 heterocycles. The number of rotatable bonds is 3. The molecule has 0 saturated carbocycles. The van der Waals surface area contributed by atoms with Crippen molar-refractivity contribution in [3.05, 3.63) is 11.8 Å². The summed E-state index contributed by atoms with van der Waals surface area (Å²) in [6.07, 6.45) is -2.14. The molecule has 1 aromatic rings. The highest BCUT2D eigenvalue weighted by Crippen LogP contribution is 2.41. The Hall–Kier alpha value is -1.04.